The lowest BCUT2D eigenvalue weighted by molar-refractivity contribution is -0.141. The Bertz CT molecular complexity index is 1860. The number of nitrogens with zero attached hydrogens (tertiary/aromatic N) is 3. The molecule has 2 aliphatic carbocycles. The summed E-state index contributed by atoms with van der Waals surface area (Å²) in [4.78, 5) is 63.3. The Morgan fingerprint density at radius 1 is 1.12 bits per heavy atom. The lowest BCUT2D eigenvalue weighted by atomic mass is 10.1. The van der Waals surface area contributed by atoms with Crippen molar-refractivity contribution in [1.82, 2.24) is 30.1 Å². The molecule has 4 aliphatic rings. The number of methoxy groups -OCH3 is 1. The highest BCUT2D eigenvalue weighted by Gasteiger charge is 2.62. The van der Waals surface area contributed by atoms with Crippen molar-refractivity contribution >= 4 is 44.6 Å². The fourth-order valence-electron chi connectivity index (χ4n) is 6.83. The van der Waals surface area contributed by atoms with Gasteiger partial charge < -0.3 is 34.6 Å². The number of likely N-dealkylation sites (N-methyl/N-ethyl adjacent to an activating group) is 1. The van der Waals surface area contributed by atoms with Crippen LogP contribution in [0.4, 0.5) is 4.79 Å². The molecule has 2 aromatic rings. The summed E-state index contributed by atoms with van der Waals surface area (Å²) >= 11 is 0. The van der Waals surface area contributed by atoms with E-state index in [1.807, 2.05) is 42.3 Å². The molecule has 52 heavy (non-hydrogen) atoms. The summed E-state index contributed by atoms with van der Waals surface area (Å²) < 4.78 is 45.1. The standard InChI is InChI=1S/C36H48N6O9S/c1-35(2,3)51-34(46)38-28-21-41(4)16-8-6-7-9-23-19-36(23,33(45)40-52(47,48)26-11-12-26)39-30(43)29-18-25(20-42(29)32(28)44)50-31-27-13-10-24(49-5)17-22(27)14-15-37-31/h7,9-10,13-15,17,23,25-26,28-29H,6,8,11-12,16,18-21H2,1-5H3,(H,38,46)(H,39,43)(H,40,45)/b9-7-/t23-,25-,28+,29+,36-/m1/s1. The van der Waals surface area contributed by atoms with Crippen LogP contribution in [0.2, 0.25) is 0 Å². The number of sulfonamides is 1. The summed E-state index contributed by atoms with van der Waals surface area (Å²) in [6.45, 7) is 5.86. The Kier molecular flexibility index (Phi) is 10.4. The number of carbonyl (C=O) groups is 4. The fourth-order valence-corrected chi connectivity index (χ4v) is 8.19. The minimum absolute atomic E-state index is 0.0278. The first kappa shape index (κ1) is 37.3. The molecule has 5 atom stereocenters. The second kappa shape index (κ2) is 14.5. The van der Waals surface area contributed by atoms with Crippen molar-refractivity contribution in [3.05, 3.63) is 42.6 Å². The van der Waals surface area contributed by atoms with Crippen molar-refractivity contribution in [3.8, 4) is 11.6 Å². The van der Waals surface area contributed by atoms with Crippen LogP contribution in [0.25, 0.3) is 10.8 Å². The molecule has 0 bridgehead atoms. The third-order valence-electron chi connectivity index (χ3n) is 9.79. The first-order valence-corrected chi connectivity index (χ1v) is 19.3. The van der Waals surface area contributed by atoms with E-state index in [9.17, 15) is 27.6 Å². The van der Waals surface area contributed by atoms with Gasteiger partial charge in [0.2, 0.25) is 27.7 Å². The van der Waals surface area contributed by atoms with Crippen molar-refractivity contribution < 1.29 is 41.8 Å². The maximum absolute atomic E-state index is 14.5. The Morgan fingerprint density at radius 3 is 2.60 bits per heavy atom. The monoisotopic (exact) mass is 740 g/mol. The summed E-state index contributed by atoms with van der Waals surface area (Å²) in [6.07, 6.45) is 6.43. The van der Waals surface area contributed by atoms with Gasteiger partial charge in [-0.2, -0.15) is 0 Å². The summed E-state index contributed by atoms with van der Waals surface area (Å²) in [5.74, 6) is -1.44. The fraction of sp³-hybridized carbons (Fsp3) is 0.583. The van der Waals surface area contributed by atoms with Crippen LogP contribution in [0.15, 0.2) is 42.6 Å². The predicted molar refractivity (Wildman–Crippen MR) is 191 cm³/mol. The van der Waals surface area contributed by atoms with Crippen LogP contribution in [-0.2, 0) is 29.1 Å². The van der Waals surface area contributed by atoms with Crippen LogP contribution < -0.4 is 24.8 Å². The lowest BCUT2D eigenvalue weighted by Crippen LogP contribution is -2.59. The molecule has 282 valence electrons. The zero-order valence-electron chi connectivity index (χ0n) is 30.2. The van der Waals surface area contributed by atoms with E-state index < -0.39 is 74.3 Å². The van der Waals surface area contributed by atoms with Gasteiger partial charge in [0.15, 0.2) is 0 Å². The number of benzene rings is 1. The van der Waals surface area contributed by atoms with E-state index in [2.05, 4.69) is 20.3 Å². The molecular weight excluding hydrogens is 692 g/mol. The Labute approximate surface area is 303 Å². The zero-order valence-corrected chi connectivity index (χ0v) is 31.0. The second-order valence-electron chi connectivity index (χ2n) is 15.2. The van der Waals surface area contributed by atoms with Gasteiger partial charge in [-0.15, -0.1) is 0 Å². The van der Waals surface area contributed by atoms with Crippen LogP contribution in [0.1, 0.15) is 59.3 Å². The van der Waals surface area contributed by atoms with Crippen molar-refractivity contribution in [1.29, 1.82) is 0 Å². The van der Waals surface area contributed by atoms with Gasteiger partial charge in [-0.1, -0.05) is 12.2 Å². The number of carbonyl (C=O) groups excluding carboxylic acids is 4. The molecule has 2 aliphatic heterocycles. The van der Waals surface area contributed by atoms with E-state index in [1.165, 1.54) is 4.90 Å². The van der Waals surface area contributed by atoms with E-state index in [4.69, 9.17) is 14.2 Å². The highest BCUT2D eigenvalue weighted by atomic mass is 32.2. The molecule has 3 N–H and O–H groups in total. The van der Waals surface area contributed by atoms with Crippen LogP contribution in [0.5, 0.6) is 11.6 Å². The van der Waals surface area contributed by atoms with E-state index in [1.54, 1.807) is 40.1 Å². The molecule has 2 saturated carbocycles. The van der Waals surface area contributed by atoms with Crippen LogP contribution in [0, 0.1) is 5.92 Å². The van der Waals surface area contributed by atoms with E-state index >= 15 is 0 Å². The minimum Gasteiger partial charge on any atom is -0.497 e. The molecule has 0 unspecified atom stereocenters. The number of amides is 4. The molecule has 16 heteroatoms. The highest BCUT2D eigenvalue weighted by molar-refractivity contribution is 7.91. The van der Waals surface area contributed by atoms with Crippen LogP contribution in [0.3, 0.4) is 0 Å². The number of allylic oxidation sites excluding steroid dienone is 1. The number of fused-ring (bicyclic) bond motifs is 3. The van der Waals surface area contributed by atoms with Gasteiger partial charge >= 0.3 is 6.09 Å². The minimum atomic E-state index is -3.89. The number of hydrogen-bond donors (Lipinski definition) is 3. The zero-order chi connectivity index (χ0) is 37.4. The average molecular weight is 741 g/mol. The smallest absolute Gasteiger partial charge is 0.408 e. The number of aromatic nitrogens is 1. The van der Waals surface area contributed by atoms with Gasteiger partial charge in [0.25, 0.3) is 5.91 Å². The number of rotatable bonds is 7. The maximum atomic E-state index is 14.5. The van der Waals surface area contributed by atoms with Crippen molar-refractivity contribution in [3.63, 3.8) is 0 Å². The molecule has 1 saturated heterocycles. The molecule has 3 fully saturated rings. The van der Waals surface area contributed by atoms with Gasteiger partial charge in [0.05, 0.1) is 18.9 Å². The second-order valence-corrected chi connectivity index (χ2v) is 17.1. The molecule has 0 spiro atoms. The number of alkyl carbamates (subject to hydrolysis) is 1. The summed E-state index contributed by atoms with van der Waals surface area (Å²) in [7, 11) is -0.475. The maximum Gasteiger partial charge on any atom is 0.408 e. The number of ether oxygens (including phenoxy) is 3. The first-order valence-electron chi connectivity index (χ1n) is 17.7. The Morgan fingerprint density at radius 2 is 1.88 bits per heavy atom. The van der Waals surface area contributed by atoms with Gasteiger partial charge in [0.1, 0.15) is 35.1 Å². The van der Waals surface area contributed by atoms with Gasteiger partial charge in [-0.05, 0) is 96.1 Å². The summed E-state index contributed by atoms with van der Waals surface area (Å²) in [5, 5.41) is 6.48. The van der Waals surface area contributed by atoms with Gasteiger partial charge in [-0.3, -0.25) is 19.1 Å². The van der Waals surface area contributed by atoms with E-state index in [0.29, 0.717) is 49.2 Å². The normalized spacial score (nSPS) is 28.0. The molecule has 15 nitrogen and oxygen atoms in total. The number of hydrogen-bond acceptors (Lipinski definition) is 11. The Hall–Kier alpha value is -4.44. The molecule has 6 rings (SSSR count). The SMILES string of the molecule is COc1ccc2c(O[C@@H]3C[C@H]4C(=O)N[C@]5(C(=O)NS(=O)(=O)C6CC6)C[C@H]5/C=C\CCCN(C)C[C@H](NC(=O)OC(C)(C)C)C(=O)N4C3)nccc2c1. The Balaban J connectivity index is 1.32. The van der Waals surface area contributed by atoms with E-state index in [-0.39, 0.29) is 25.9 Å². The molecule has 1 aromatic heterocycles. The molecule has 1 aromatic carbocycles. The first-order chi connectivity index (χ1) is 24.6. The van der Waals surface area contributed by atoms with Crippen LogP contribution >= 0.6 is 0 Å². The summed E-state index contributed by atoms with van der Waals surface area (Å²) in [6, 6.07) is 5.05. The molecule has 3 heterocycles. The van der Waals surface area contributed by atoms with Crippen molar-refractivity contribution in [2.45, 2.75) is 93.9 Å². The summed E-state index contributed by atoms with van der Waals surface area (Å²) in [5.41, 5.74) is -2.33. The van der Waals surface area contributed by atoms with Crippen molar-refractivity contribution in [2.24, 2.45) is 5.92 Å². The largest absolute Gasteiger partial charge is 0.497 e. The van der Waals surface area contributed by atoms with E-state index in [0.717, 1.165) is 5.39 Å². The van der Waals surface area contributed by atoms with Gasteiger partial charge in [0, 0.05) is 30.5 Å². The third-order valence-corrected chi connectivity index (χ3v) is 11.6. The predicted octanol–water partition coefficient (Wildman–Crippen LogP) is 2.25. The quantitative estimate of drug-likeness (QED) is 0.354. The van der Waals surface area contributed by atoms with Crippen LogP contribution in [-0.4, -0.2) is 115 Å². The topological polar surface area (TPSA) is 186 Å². The molecule has 0 radical (unpaired) electrons. The van der Waals surface area contributed by atoms with Crippen molar-refractivity contribution in [2.75, 3.05) is 33.8 Å². The highest BCUT2D eigenvalue weighted by Crippen LogP contribution is 2.46. The molecule has 4 amide bonds. The lowest BCUT2D eigenvalue weighted by Gasteiger charge is -2.32. The molecular formula is C36H48N6O9S. The third kappa shape index (κ3) is 8.44. The average Bonchev–Trinajstić information content (AvgIpc) is 4.00. The number of nitrogens with one attached hydrogen (secondary N) is 3. The number of pyridine rings is 1. The van der Waals surface area contributed by atoms with Gasteiger partial charge in [-0.25, -0.2) is 18.2 Å².